The van der Waals surface area contributed by atoms with Crippen LogP contribution in [-0.2, 0) is 4.79 Å². The minimum absolute atomic E-state index is 0.0360. The van der Waals surface area contributed by atoms with Gasteiger partial charge in [-0.2, -0.15) is 13.2 Å². The maximum absolute atomic E-state index is 12.2. The summed E-state index contributed by atoms with van der Waals surface area (Å²) in [5.74, 6) is -0.570. The van der Waals surface area contributed by atoms with Gasteiger partial charge in [-0.05, 0) is 14.0 Å². The molecule has 0 unspecified atom stereocenters. The molecule has 4 nitrogen and oxygen atoms in total. The lowest BCUT2D eigenvalue weighted by Crippen LogP contribution is -2.51. The van der Waals surface area contributed by atoms with Crippen LogP contribution in [0.1, 0.15) is 6.92 Å². The molecule has 1 atom stereocenters. The van der Waals surface area contributed by atoms with E-state index in [-0.39, 0.29) is 6.54 Å². The normalized spacial score (nSPS) is 21.2. The van der Waals surface area contributed by atoms with E-state index in [0.29, 0.717) is 13.1 Å². The Morgan fingerprint density at radius 2 is 1.82 bits per heavy atom. The van der Waals surface area contributed by atoms with Crippen LogP contribution >= 0.6 is 0 Å². The molecule has 1 aliphatic heterocycles. The van der Waals surface area contributed by atoms with Gasteiger partial charge in [0, 0.05) is 26.2 Å². The number of hydrogen-bond donors (Lipinski definition) is 1. The molecule has 7 heteroatoms. The molecule has 0 bridgehead atoms. The Morgan fingerprint density at radius 1 is 1.29 bits per heavy atom. The van der Waals surface area contributed by atoms with Crippen LogP contribution in [0.5, 0.6) is 0 Å². The fourth-order valence-corrected chi connectivity index (χ4v) is 1.58. The Bertz CT molecular complexity index is 262. The highest BCUT2D eigenvalue weighted by Gasteiger charge is 2.37. The second-order valence-electron chi connectivity index (χ2n) is 4.41. The highest BCUT2D eigenvalue weighted by atomic mass is 19.4. The molecule has 0 saturated carbocycles. The standard InChI is InChI=1S/C10H18F3N3O/c1-8(10(11,12)13)14-9(17)7-16-5-3-15(2)4-6-16/h8H,3-7H2,1-2H3,(H,14,17)/t8-/m0/s1. The first kappa shape index (κ1) is 14.2. The van der Waals surface area contributed by atoms with Gasteiger partial charge in [-0.25, -0.2) is 0 Å². The Morgan fingerprint density at radius 3 is 2.29 bits per heavy atom. The SMILES string of the molecule is C[C@H](NC(=O)CN1CCN(C)CC1)C(F)(F)F. The number of carbonyl (C=O) groups is 1. The van der Waals surface area contributed by atoms with Crippen LogP contribution in [0.3, 0.4) is 0 Å². The van der Waals surface area contributed by atoms with Crippen LogP contribution in [0.4, 0.5) is 13.2 Å². The van der Waals surface area contributed by atoms with Gasteiger partial charge in [0.05, 0.1) is 6.54 Å². The van der Waals surface area contributed by atoms with E-state index in [1.54, 1.807) is 0 Å². The van der Waals surface area contributed by atoms with Crippen LogP contribution in [0.25, 0.3) is 0 Å². The van der Waals surface area contributed by atoms with Crippen molar-refractivity contribution in [1.82, 2.24) is 15.1 Å². The zero-order chi connectivity index (χ0) is 13.1. The second kappa shape index (κ2) is 5.68. The summed E-state index contributed by atoms with van der Waals surface area (Å²) in [6.45, 7) is 4.08. The van der Waals surface area contributed by atoms with Crippen molar-refractivity contribution in [2.45, 2.75) is 19.1 Å². The molecule has 1 aliphatic rings. The Labute approximate surface area is 98.7 Å². The van der Waals surface area contributed by atoms with Crippen molar-refractivity contribution in [3.63, 3.8) is 0 Å². The Kier molecular flexibility index (Phi) is 4.76. The fraction of sp³-hybridized carbons (Fsp3) is 0.900. The molecule has 1 amide bonds. The topological polar surface area (TPSA) is 35.6 Å². The van der Waals surface area contributed by atoms with Crippen molar-refractivity contribution in [2.75, 3.05) is 39.8 Å². The third-order valence-electron chi connectivity index (χ3n) is 2.83. The molecule has 0 aromatic heterocycles. The van der Waals surface area contributed by atoms with Gasteiger partial charge in [0.25, 0.3) is 0 Å². The van der Waals surface area contributed by atoms with Gasteiger partial charge in [-0.3, -0.25) is 9.69 Å². The number of nitrogens with zero attached hydrogens (tertiary/aromatic N) is 2. The summed E-state index contributed by atoms with van der Waals surface area (Å²) in [4.78, 5) is 15.4. The molecule has 1 heterocycles. The second-order valence-corrected chi connectivity index (χ2v) is 4.41. The molecule has 1 rings (SSSR count). The van der Waals surface area contributed by atoms with Crippen LogP contribution in [0, 0.1) is 0 Å². The quantitative estimate of drug-likeness (QED) is 0.786. The Hall–Kier alpha value is -0.820. The van der Waals surface area contributed by atoms with Gasteiger partial charge in [0.2, 0.25) is 5.91 Å². The monoisotopic (exact) mass is 253 g/mol. The lowest BCUT2D eigenvalue weighted by atomic mass is 10.3. The molecule has 0 aliphatic carbocycles. The van der Waals surface area contributed by atoms with E-state index in [9.17, 15) is 18.0 Å². The van der Waals surface area contributed by atoms with E-state index < -0.39 is 18.1 Å². The summed E-state index contributed by atoms with van der Waals surface area (Å²) in [6, 6.07) is -1.79. The average Bonchev–Trinajstić information content (AvgIpc) is 2.20. The first-order valence-electron chi connectivity index (χ1n) is 5.56. The zero-order valence-corrected chi connectivity index (χ0v) is 10.0. The van der Waals surface area contributed by atoms with Crippen molar-refractivity contribution in [3.8, 4) is 0 Å². The van der Waals surface area contributed by atoms with Gasteiger partial charge in [0.15, 0.2) is 0 Å². The third kappa shape index (κ3) is 4.91. The van der Waals surface area contributed by atoms with Crippen molar-refractivity contribution >= 4 is 5.91 Å². The molecule has 0 spiro atoms. The largest absolute Gasteiger partial charge is 0.408 e. The van der Waals surface area contributed by atoms with Gasteiger partial charge in [0.1, 0.15) is 6.04 Å². The predicted octanol–water partition coefficient (Wildman–Crippen LogP) is 0.301. The Balaban J connectivity index is 2.30. The van der Waals surface area contributed by atoms with Crippen molar-refractivity contribution in [3.05, 3.63) is 0 Å². The van der Waals surface area contributed by atoms with Crippen molar-refractivity contribution in [1.29, 1.82) is 0 Å². The van der Waals surface area contributed by atoms with Gasteiger partial charge < -0.3 is 10.2 Å². The predicted molar refractivity (Wildman–Crippen MR) is 57.6 cm³/mol. The van der Waals surface area contributed by atoms with E-state index in [1.165, 1.54) is 0 Å². The number of hydrogen-bond acceptors (Lipinski definition) is 3. The first-order chi connectivity index (χ1) is 7.79. The highest BCUT2D eigenvalue weighted by Crippen LogP contribution is 2.19. The number of halogens is 3. The zero-order valence-electron chi connectivity index (χ0n) is 10.0. The number of amides is 1. The molecule has 17 heavy (non-hydrogen) atoms. The number of rotatable bonds is 3. The smallest absolute Gasteiger partial charge is 0.344 e. The van der Waals surface area contributed by atoms with E-state index >= 15 is 0 Å². The molecule has 0 aromatic rings. The van der Waals surface area contributed by atoms with Crippen molar-refractivity contribution < 1.29 is 18.0 Å². The number of likely N-dealkylation sites (N-methyl/N-ethyl adjacent to an activating group) is 1. The number of alkyl halides is 3. The van der Waals surface area contributed by atoms with Crippen molar-refractivity contribution in [2.24, 2.45) is 0 Å². The average molecular weight is 253 g/mol. The number of nitrogens with one attached hydrogen (secondary N) is 1. The summed E-state index contributed by atoms with van der Waals surface area (Å²) in [7, 11) is 1.98. The summed E-state index contributed by atoms with van der Waals surface area (Å²) < 4.78 is 36.6. The molecule has 1 N–H and O–H groups in total. The summed E-state index contributed by atoms with van der Waals surface area (Å²) in [5.41, 5.74) is 0. The maximum Gasteiger partial charge on any atom is 0.408 e. The van der Waals surface area contributed by atoms with E-state index in [4.69, 9.17) is 0 Å². The van der Waals surface area contributed by atoms with Crippen LogP contribution in [0.2, 0.25) is 0 Å². The van der Waals surface area contributed by atoms with E-state index in [1.807, 2.05) is 17.3 Å². The number of piperazine rings is 1. The molecular formula is C10H18F3N3O. The number of carbonyl (C=O) groups excluding carboxylic acids is 1. The van der Waals surface area contributed by atoms with E-state index in [0.717, 1.165) is 20.0 Å². The lowest BCUT2D eigenvalue weighted by Gasteiger charge is -2.32. The molecule has 0 aromatic carbocycles. The third-order valence-corrected chi connectivity index (χ3v) is 2.83. The molecule has 0 radical (unpaired) electrons. The van der Waals surface area contributed by atoms with Crippen LogP contribution < -0.4 is 5.32 Å². The highest BCUT2D eigenvalue weighted by molar-refractivity contribution is 5.78. The fourth-order valence-electron chi connectivity index (χ4n) is 1.58. The lowest BCUT2D eigenvalue weighted by molar-refractivity contribution is -0.158. The molecular weight excluding hydrogens is 235 g/mol. The van der Waals surface area contributed by atoms with E-state index in [2.05, 4.69) is 4.90 Å². The van der Waals surface area contributed by atoms with Crippen LogP contribution in [0.15, 0.2) is 0 Å². The summed E-state index contributed by atoms with van der Waals surface area (Å²) in [5, 5.41) is 1.96. The summed E-state index contributed by atoms with van der Waals surface area (Å²) >= 11 is 0. The van der Waals surface area contributed by atoms with Gasteiger partial charge in [-0.1, -0.05) is 0 Å². The van der Waals surface area contributed by atoms with Crippen LogP contribution in [-0.4, -0.2) is 67.7 Å². The molecule has 100 valence electrons. The first-order valence-corrected chi connectivity index (χ1v) is 5.56. The molecule has 1 saturated heterocycles. The minimum atomic E-state index is -4.38. The van der Waals surface area contributed by atoms with Gasteiger partial charge in [-0.15, -0.1) is 0 Å². The minimum Gasteiger partial charge on any atom is -0.344 e. The molecule has 1 fully saturated rings. The summed E-state index contributed by atoms with van der Waals surface area (Å²) in [6.07, 6.45) is -4.38. The van der Waals surface area contributed by atoms with Gasteiger partial charge >= 0.3 is 6.18 Å². The maximum atomic E-state index is 12.2.